The van der Waals surface area contributed by atoms with Gasteiger partial charge in [0, 0.05) is 11.6 Å². The maximum atomic E-state index is 12.4. The van der Waals surface area contributed by atoms with Gasteiger partial charge in [0.05, 0.1) is 11.9 Å². The van der Waals surface area contributed by atoms with Gasteiger partial charge in [-0.2, -0.15) is 0 Å². The Morgan fingerprint density at radius 3 is 2.58 bits per heavy atom. The van der Waals surface area contributed by atoms with Crippen molar-refractivity contribution in [1.29, 1.82) is 0 Å². The second-order valence-electron chi connectivity index (χ2n) is 6.22. The average Bonchev–Trinajstić information content (AvgIpc) is 2.49. The smallest absolute Gasteiger partial charge is 0.407 e. The van der Waals surface area contributed by atoms with Crippen molar-refractivity contribution in [3.8, 4) is 5.75 Å². The van der Waals surface area contributed by atoms with Crippen LogP contribution in [0.1, 0.15) is 36.7 Å². The Kier molecular flexibility index (Phi) is 5.09. The normalized spacial score (nSPS) is 11.0. The second kappa shape index (κ2) is 6.88. The molecular formula is C17H18ClN3O3. The van der Waals surface area contributed by atoms with Crippen LogP contribution in [0.25, 0.3) is 0 Å². The molecule has 24 heavy (non-hydrogen) atoms. The van der Waals surface area contributed by atoms with Gasteiger partial charge in [-0.1, -0.05) is 44.5 Å². The van der Waals surface area contributed by atoms with Gasteiger partial charge in [-0.25, -0.2) is 9.78 Å². The first kappa shape index (κ1) is 17.7. The van der Waals surface area contributed by atoms with Gasteiger partial charge in [-0.15, -0.1) is 0 Å². The van der Waals surface area contributed by atoms with E-state index >= 15 is 0 Å². The van der Waals surface area contributed by atoms with Gasteiger partial charge in [-0.05, 0) is 23.1 Å². The van der Waals surface area contributed by atoms with E-state index in [0.717, 1.165) is 5.56 Å². The van der Waals surface area contributed by atoms with Crippen LogP contribution in [0, 0.1) is 0 Å². The Bertz CT molecular complexity index is 785. The maximum Gasteiger partial charge on any atom is 0.410 e. The number of nitrogens with zero attached hydrogens (tertiary/aromatic N) is 1. The van der Waals surface area contributed by atoms with Crippen LogP contribution in [-0.4, -0.2) is 17.0 Å². The molecule has 126 valence electrons. The van der Waals surface area contributed by atoms with Gasteiger partial charge in [-0.3, -0.25) is 4.79 Å². The zero-order valence-electron chi connectivity index (χ0n) is 13.6. The van der Waals surface area contributed by atoms with Gasteiger partial charge >= 0.3 is 6.09 Å². The number of nitrogens with one attached hydrogen (secondary N) is 1. The summed E-state index contributed by atoms with van der Waals surface area (Å²) in [7, 11) is 0. The van der Waals surface area contributed by atoms with E-state index in [9.17, 15) is 9.59 Å². The number of anilines is 1. The van der Waals surface area contributed by atoms with E-state index in [-0.39, 0.29) is 22.2 Å². The number of hydrogen-bond donors (Lipinski definition) is 2. The third kappa shape index (κ3) is 4.45. The molecule has 0 unspecified atom stereocenters. The van der Waals surface area contributed by atoms with Crippen molar-refractivity contribution in [3.63, 3.8) is 0 Å². The summed E-state index contributed by atoms with van der Waals surface area (Å²) in [5, 5.41) is 2.66. The fraction of sp³-hybridized carbons (Fsp3) is 0.235. The van der Waals surface area contributed by atoms with Gasteiger partial charge in [0.1, 0.15) is 0 Å². The summed E-state index contributed by atoms with van der Waals surface area (Å²) in [6, 6.07) is 8.73. The lowest BCUT2D eigenvalue weighted by molar-refractivity contribution is 0.102. The quantitative estimate of drug-likeness (QED) is 0.827. The second-order valence-corrected chi connectivity index (χ2v) is 6.58. The zero-order valence-corrected chi connectivity index (χ0v) is 14.3. The van der Waals surface area contributed by atoms with Crippen molar-refractivity contribution in [2.24, 2.45) is 5.73 Å². The number of nitrogens with two attached hydrogens (primary N) is 1. The molecule has 1 heterocycles. The van der Waals surface area contributed by atoms with Gasteiger partial charge in [0.2, 0.25) is 0 Å². The Balaban J connectivity index is 2.22. The molecule has 2 rings (SSSR count). The monoisotopic (exact) mass is 347 g/mol. The fourth-order valence-electron chi connectivity index (χ4n) is 2.01. The molecule has 0 saturated carbocycles. The Labute approximate surface area is 145 Å². The first-order valence-electron chi connectivity index (χ1n) is 7.21. The van der Waals surface area contributed by atoms with Gasteiger partial charge in [0.15, 0.2) is 10.9 Å². The van der Waals surface area contributed by atoms with Crippen molar-refractivity contribution in [2.45, 2.75) is 26.2 Å². The van der Waals surface area contributed by atoms with Crippen molar-refractivity contribution in [2.75, 3.05) is 5.32 Å². The molecule has 6 nitrogen and oxygen atoms in total. The molecule has 1 aromatic carbocycles. The molecule has 0 radical (unpaired) electrons. The van der Waals surface area contributed by atoms with Crippen molar-refractivity contribution in [3.05, 3.63) is 52.8 Å². The van der Waals surface area contributed by atoms with Crippen LogP contribution in [0.3, 0.4) is 0 Å². The zero-order chi connectivity index (χ0) is 17.9. The number of halogens is 1. The number of ether oxygens (including phenoxy) is 1. The molecule has 0 aliphatic rings. The third-order valence-electron chi connectivity index (χ3n) is 3.27. The number of amides is 2. The lowest BCUT2D eigenvalue weighted by Gasteiger charge is -2.19. The highest BCUT2D eigenvalue weighted by atomic mass is 35.5. The Morgan fingerprint density at radius 2 is 1.96 bits per heavy atom. The van der Waals surface area contributed by atoms with E-state index in [1.54, 1.807) is 6.07 Å². The number of carbonyl (C=O) groups is 2. The first-order valence-corrected chi connectivity index (χ1v) is 7.59. The minimum absolute atomic E-state index is 0.0228. The molecule has 0 saturated heterocycles. The van der Waals surface area contributed by atoms with E-state index < -0.39 is 6.09 Å². The Hall–Kier alpha value is -2.60. The summed E-state index contributed by atoms with van der Waals surface area (Å²) in [6.45, 7) is 6.21. The minimum Gasteiger partial charge on any atom is -0.407 e. The molecule has 0 fully saturated rings. The number of benzene rings is 1. The summed E-state index contributed by atoms with van der Waals surface area (Å²) in [5.41, 5.74) is 6.78. The molecule has 3 N–H and O–H groups in total. The predicted molar refractivity (Wildman–Crippen MR) is 92.6 cm³/mol. The van der Waals surface area contributed by atoms with Crippen LogP contribution in [-0.2, 0) is 5.41 Å². The highest BCUT2D eigenvalue weighted by molar-refractivity contribution is 6.31. The molecule has 2 amide bonds. The average molecular weight is 348 g/mol. The van der Waals surface area contributed by atoms with Crippen LogP contribution in [0.5, 0.6) is 5.75 Å². The van der Waals surface area contributed by atoms with Gasteiger partial charge < -0.3 is 15.8 Å². The molecule has 0 atom stereocenters. The van der Waals surface area contributed by atoms with Crippen molar-refractivity contribution in [1.82, 2.24) is 4.98 Å². The summed E-state index contributed by atoms with van der Waals surface area (Å²) in [4.78, 5) is 27.1. The number of hydrogen-bond acceptors (Lipinski definition) is 4. The number of carbonyl (C=O) groups excluding carboxylic acids is 2. The molecule has 0 spiro atoms. The summed E-state index contributed by atoms with van der Waals surface area (Å²) in [5.74, 6) is -0.333. The fourth-order valence-corrected chi connectivity index (χ4v) is 2.15. The largest absolute Gasteiger partial charge is 0.410 e. The molecular weight excluding hydrogens is 330 g/mol. The lowest BCUT2D eigenvalue weighted by Crippen LogP contribution is -2.18. The van der Waals surface area contributed by atoms with Crippen LogP contribution in [0.15, 0.2) is 36.5 Å². The SMILES string of the molecule is CC(C)(C)c1cccc(C(=O)Nc2cnc(Cl)c(OC(N)=O)c2)c1. The topological polar surface area (TPSA) is 94.3 Å². The van der Waals surface area contributed by atoms with Crippen LogP contribution >= 0.6 is 11.6 Å². The van der Waals surface area contributed by atoms with Gasteiger partial charge in [0.25, 0.3) is 5.91 Å². The predicted octanol–water partition coefficient (Wildman–Crippen LogP) is 3.74. The molecule has 0 aliphatic heterocycles. The standard InChI is InChI=1S/C17H18ClN3O3/c1-17(2,3)11-6-4-5-10(7-11)15(22)21-12-8-13(24-16(19)23)14(18)20-9-12/h4-9H,1-3H3,(H2,19,23)(H,21,22). The molecule has 1 aromatic heterocycles. The van der Waals surface area contributed by atoms with E-state index in [1.807, 2.05) is 18.2 Å². The van der Waals surface area contributed by atoms with E-state index in [4.69, 9.17) is 22.1 Å². The lowest BCUT2D eigenvalue weighted by atomic mass is 9.86. The number of rotatable bonds is 3. The van der Waals surface area contributed by atoms with Crippen LogP contribution in [0.4, 0.5) is 10.5 Å². The minimum atomic E-state index is -1.01. The number of aromatic nitrogens is 1. The van der Waals surface area contributed by atoms with Crippen LogP contribution < -0.4 is 15.8 Å². The van der Waals surface area contributed by atoms with E-state index in [0.29, 0.717) is 11.3 Å². The summed E-state index contributed by atoms with van der Waals surface area (Å²) >= 11 is 5.81. The molecule has 0 bridgehead atoms. The van der Waals surface area contributed by atoms with Crippen molar-refractivity contribution < 1.29 is 14.3 Å². The van der Waals surface area contributed by atoms with Crippen molar-refractivity contribution >= 4 is 29.3 Å². The molecule has 7 heteroatoms. The first-order chi connectivity index (χ1) is 11.2. The Morgan fingerprint density at radius 1 is 1.25 bits per heavy atom. The number of primary amides is 1. The highest BCUT2D eigenvalue weighted by Gasteiger charge is 2.16. The van der Waals surface area contributed by atoms with E-state index in [2.05, 4.69) is 31.1 Å². The van der Waals surface area contributed by atoms with Crippen LogP contribution in [0.2, 0.25) is 5.15 Å². The maximum absolute atomic E-state index is 12.4. The third-order valence-corrected chi connectivity index (χ3v) is 3.55. The highest BCUT2D eigenvalue weighted by Crippen LogP contribution is 2.26. The number of pyridine rings is 1. The van der Waals surface area contributed by atoms with E-state index in [1.165, 1.54) is 12.3 Å². The summed E-state index contributed by atoms with van der Waals surface area (Å²) < 4.78 is 4.73. The molecule has 2 aromatic rings. The molecule has 0 aliphatic carbocycles. The summed E-state index contributed by atoms with van der Waals surface area (Å²) in [6.07, 6.45) is 0.349.